The molecular weight excluding hydrogens is 374 g/mol. The number of amides is 2. The number of pyridine rings is 1. The van der Waals surface area contributed by atoms with E-state index in [1.54, 1.807) is 13.2 Å². The van der Waals surface area contributed by atoms with Gasteiger partial charge in [0.15, 0.2) is 0 Å². The van der Waals surface area contributed by atoms with Crippen LogP contribution >= 0.6 is 0 Å². The standard InChI is InChI=1S/C25H33N3O2/c1-4-19(5-2)23(29)28-15-9-13-25(18-28,24(30)26-3)16-20-10-6-7-12-22(20)21-11-8-14-27-17-21/h6-8,10-12,14,17,19H,4-5,9,13,15-16,18H2,1-3H3,(H,26,30)/t25-/m0/s1. The average Bonchev–Trinajstić information content (AvgIpc) is 2.80. The van der Waals surface area contributed by atoms with E-state index in [0.29, 0.717) is 13.0 Å². The molecule has 2 heterocycles. The van der Waals surface area contributed by atoms with Crippen molar-refractivity contribution in [1.82, 2.24) is 15.2 Å². The van der Waals surface area contributed by atoms with Gasteiger partial charge in [0.2, 0.25) is 11.8 Å². The van der Waals surface area contributed by atoms with Crippen LogP contribution in [0.1, 0.15) is 45.1 Å². The number of carbonyl (C=O) groups is 2. The smallest absolute Gasteiger partial charge is 0.228 e. The highest BCUT2D eigenvalue weighted by molar-refractivity contribution is 5.85. The Morgan fingerprint density at radius 1 is 1.17 bits per heavy atom. The first-order chi connectivity index (χ1) is 14.5. The molecule has 5 heteroatoms. The molecule has 2 aromatic rings. The summed E-state index contributed by atoms with van der Waals surface area (Å²) in [4.78, 5) is 32.4. The molecule has 0 radical (unpaired) electrons. The molecule has 0 saturated carbocycles. The number of hydrogen-bond acceptors (Lipinski definition) is 3. The molecule has 1 fully saturated rings. The highest BCUT2D eigenvalue weighted by atomic mass is 16.2. The van der Waals surface area contributed by atoms with Crippen LogP contribution < -0.4 is 5.32 Å². The van der Waals surface area contributed by atoms with Crippen LogP contribution in [0, 0.1) is 11.3 Å². The van der Waals surface area contributed by atoms with Gasteiger partial charge in [0.1, 0.15) is 0 Å². The number of carbonyl (C=O) groups excluding carboxylic acids is 2. The van der Waals surface area contributed by atoms with Gasteiger partial charge in [-0.3, -0.25) is 14.6 Å². The van der Waals surface area contributed by atoms with Gasteiger partial charge in [-0.15, -0.1) is 0 Å². The molecule has 1 N–H and O–H groups in total. The molecule has 160 valence electrons. The number of rotatable bonds is 7. The lowest BCUT2D eigenvalue weighted by Crippen LogP contribution is -2.54. The lowest BCUT2D eigenvalue weighted by molar-refractivity contribution is -0.144. The zero-order chi connectivity index (χ0) is 21.6. The fraction of sp³-hybridized carbons (Fsp3) is 0.480. The maximum absolute atomic E-state index is 13.2. The third kappa shape index (κ3) is 4.55. The first-order valence-corrected chi connectivity index (χ1v) is 11.0. The van der Waals surface area contributed by atoms with Crippen molar-refractivity contribution in [3.05, 3.63) is 54.4 Å². The number of nitrogens with zero attached hydrogens (tertiary/aromatic N) is 2. The summed E-state index contributed by atoms with van der Waals surface area (Å²) in [6, 6.07) is 12.2. The van der Waals surface area contributed by atoms with Crippen molar-refractivity contribution in [2.75, 3.05) is 20.1 Å². The quantitative estimate of drug-likeness (QED) is 0.752. The second-order valence-electron chi connectivity index (χ2n) is 8.31. The van der Waals surface area contributed by atoms with E-state index in [9.17, 15) is 9.59 Å². The SMILES string of the molecule is CCC(CC)C(=O)N1CCC[C@@](Cc2ccccc2-c2cccnc2)(C(=O)NC)C1. The van der Waals surface area contributed by atoms with Crippen LogP contribution in [0.5, 0.6) is 0 Å². The summed E-state index contributed by atoms with van der Waals surface area (Å²) in [5.41, 5.74) is 2.64. The number of piperidine rings is 1. The second-order valence-corrected chi connectivity index (χ2v) is 8.31. The van der Waals surface area contributed by atoms with Crippen molar-refractivity contribution in [2.45, 2.75) is 46.0 Å². The fourth-order valence-corrected chi connectivity index (χ4v) is 4.73. The van der Waals surface area contributed by atoms with Crippen molar-refractivity contribution >= 4 is 11.8 Å². The number of nitrogens with one attached hydrogen (secondary N) is 1. The normalized spacial score (nSPS) is 19.0. The summed E-state index contributed by atoms with van der Waals surface area (Å²) >= 11 is 0. The Hall–Kier alpha value is -2.69. The van der Waals surface area contributed by atoms with E-state index in [-0.39, 0.29) is 17.7 Å². The molecule has 30 heavy (non-hydrogen) atoms. The summed E-state index contributed by atoms with van der Waals surface area (Å²) in [6.07, 6.45) is 7.51. The van der Waals surface area contributed by atoms with Crippen LogP contribution in [0.2, 0.25) is 0 Å². The molecule has 1 saturated heterocycles. The minimum atomic E-state index is -0.618. The van der Waals surface area contributed by atoms with Gasteiger partial charge in [-0.2, -0.15) is 0 Å². The van der Waals surface area contributed by atoms with Crippen LogP contribution in [-0.4, -0.2) is 41.8 Å². The summed E-state index contributed by atoms with van der Waals surface area (Å²) < 4.78 is 0. The predicted octanol–water partition coefficient (Wildman–Crippen LogP) is 4.08. The van der Waals surface area contributed by atoms with Gasteiger partial charge in [-0.05, 0) is 49.3 Å². The molecule has 1 aliphatic rings. The van der Waals surface area contributed by atoms with Gasteiger partial charge in [0.25, 0.3) is 0 Å². The molecule has 2 amide bonds. The molecule has 1 aromatic carbocycles. The average molecular weight is 408 g/mol. The molecule has 0 spiro atoms. The van der Waals surface area contributed by atoms with Crippen LogP contribution in [0.15, 0.2) is 48.8 Å². The summed E-state index contributed by atoms with van der Waals surface area (Å²) in [5.74, 6) is 0.243. The lowest BCUT2D eigenvalue weighted by atomic mass is 9.73. The summed E-state index contributed by atoms with van der Waals surface area (Å²) in [7, 11) is 1.69. The zero-order valence-electron chi connectivity index (χ0n) is 18.4. The van der Waals surface area contributed by atoms with E-state index in [0.717, 1.165) is 48.9 Å². The number of benzene rings is 1. The van der Waals surface area contributed by atoms with E-state index >= 15 is 0 Å². The van der Waals surface area contributed by atoms with E-state index in [1.165, 1.54) is 0 Å². The topological polar surface area (TPSA) is 62.3 Å². The molecule has 0 unspecified atom stereocenters. The zero-order valence-corrected chi connectivity index (χ0v) is 18.4. The van der Waals surface area contributed by atoms with Crippen molar-refractivity contribution in [1.29, 1.82) is 0 Å². The van der Waals surface area contributed by atoms with Crippen molar-refractivity contribution in [3.8, 4) is 11.1 Å². The highest BCUT2D eigenvalue weighted by Gasteiger charge is 2.44. The summed E-state index contributed by atoms with van der Waals surface area (Å²) in [5, 5.41) is 2.88. The molecule has 1 aromatic heterocycles. The van der Waals surface area contributed by atoms with E-state index < -0.39 is 5.41 Å². The lowest BCUT2D eigenvalue weighted by Gasteiger charge is -2.43. The third-order valence-electron chi connectivity index (χ3n) is 6.45. The Kier molecular flexibility index (Phi) is 7.24. The van der Waals surface area contributed by atoms with Crippen LogP contribution in [0.3, 0.4) is 0 Å². The van der Waals surface area contributed by atoms with Crippen LogP contribution in [-0.2, 0) is 16.0 Å². The Labute approximate surface area is 179 Å². The molecule has 1 atom stereocenters. The number of aromatic nitrogens is 1. The Bertz CT molecular complexity index is 864. The van der Waals surface area contributed by atoms with Crippen LogP contribution in [0.25, 0.3) is 11.1 Å². The monoisotopic (exact) mass is 407 g/mol. The fourth-order valence-electron chi connectivity index (χ4n) is 4.73. The van der Waals surface area contributed by atoms with Gasteiger partial charge in [0.05, 0.1) is 5.41 Å². The van der Waals surface area contributed by atoms with Gasteiger partial charge in [-0.1, -0.05) is 44.2 Å². The largest absolute Gasteiger partial charge is 0.359 e. The van der Waals surface area contributed by atoms with Gasteiger partial charge in [0, 0.05) is 44.0 Å². The first-order valence-electron chi connectivity index (χ1n) is 11.0. The van der Waals surface area contributed by atoms with Crippen LogP contribution in [0.4, 0.5) is 0 Å². The third-order valence-corrected chi connectivity index (χ3v) is 6.45. The molecule has 5 nitrogen and oxygen atoms in total. The Morgan fingerprint density at radius 2 is 1.93 bits per heavy atom. The maximum atomic E-state index is 13.2. The predicted molar refractivity (Wildman–Crippen MR) is 120 cm³/mol. The van der Waals surface area contributed by atoms with E-state index in [2.05, 4.69) is 36.3 Å². The minimum Gasteiger partial charge on any atom is -0.359 e. The summed E-state index contributed by atoms with van der Waals surface area (Å²) in [6.45, 7) is 5.33. The Balaban J connectivity index is 1.94. The van der Waals surface area contributed by atoms with E-state index in [1.807, 2.05) is 35.4 Å². The van der Waals surface area contributed by atoms with Gasteiger partial charge in [-0.25, -0.2) is 0 Å². The molecule has 3 rings (SSSR count). The highest BCUT2D eigenvalue weighted by Crippen LogP contribution is 2.37. The molecular formula is C25H33N3O2. The molecule has 1 aliphatic heterocycles. The van der Waals surface area contributed by atoms with Crippen molar-refractivity contribution in [3.63, 3.8) is 0 Å². The van der Waals surface area contributed by atoms with Gasteiger partial charge < -0.3 is 10.2 Å². The number of hydrogen-bond donors (Lipinski definition) is 1. The molecule has 0 aliphatic carbocycles. The number of likely N-dealkylation sites (tertiary alicyclic amines) is 1. The minimum absolute atomic E-state index is 0.0190. The van der Waals surface area contributed by atoms with Crippen molar-refractivity contribution < 1.29 is 9.59 Å². The Morgan fingerprint density at radius 3 is 2.60 bits per heavy atom. The molecule has 0 bridgehead atoms. The van der Waals surface area contributed by atoms with E-state index in [4.69, 9.17) is 0 Å². The first kappa shape index (κ1) is 22.0. The van der Waals surface area contributed by atoms with Gasteiger partial charge >= 0.3 is 0 Å². The second kappa shape index (κ2) is 9.88. The van der Waals surface area contributed by atoms with Crippen molar-refractivity contribution in [2.24, 2.45) is 11.3 Å². The maximum Gasteiger partial charge on any atom is 0.228 e.